The summed E-state index contributed by atoms with van der Waals surface area (Å²) in [5, 5.41) is 6.47. The minimum absolute atomic E-state index is 0.134. The first kappa shape index (κ1) is 17.2. The number of carbonyl (C=O) groups excluding carboxylic acids is 1. The van der Waals surface area contributed by atoms with Gasteiger partial charge in [0.2, 0.25) is 5.91 Å². The van der Waals surface area contributed by atoms with Gasteiger partial charge in [-0.1, -0.05) is 29.3 Å². The first-order valence-corrected chi connectivity index (χ1v) is 7.73. The largest absolute Gasteiger partial charge is 0.495 e. The molecule has 0 atom stereocenters. The van der Waals surface area contributed by atoms with Gasteiger partial charge in [0.15, 0.2) is 0 Å². The summed E-state index contributed by atoms with van der Waals surface area (Å²) in [5.74, 6) is 0.444. The molecule has 0 spiro atoms. The number of nitrogens with one attached hydrogen (secondary N) is 2. The molecule has 0 radical (unpaired) electrons. The number of hydrogen-bond acceptors (Lipinski definition) is 3. The summed E-state index contributed by atoms with van der Waals surface area (Å²) in [7, 11) is 1.55. The molecule has 0 saturated heterocycles. The molecule has 0 bridgehead atoms. The van der Waals surface area contributed by atoms with Gasteiger partial charge in [-0.25, -0.2) is 0 Å². The van der Waals surface area contributed by atoms with Crippen LogP contribution in [0, 0.1) is 20.8 Å². The van der Waals surface area contributed by atoms with E-state index in [0.717, 1.165) is 16.8 Å². The summed E-state index contributed by atoms with van der Waals surface area (Å²) in [6.07, 6.45) is 0. The van der Waals surface area contributed by atoms with Crippen LogP contribution in [0.5, 0.6) is 5.75 Å². The van der Waals surface area contributed by atoms with Crippen molar-refractivity contribution in [2.75, 3.05) is 24.3 Å². The second-order valence-electron chi connectivity index (χ2n) is 5.52. The molecule has 0 aliphatic heterocycles. The maximum absolute atomic E-state index is 12.1. The smallest absolute Gasteiger partial charge is 0.243 e. The summed E-state index contributed by atoms with van der Waals surface area (Å²) in [5.41, 5.74) is 5.10. The lowest BCUT2D eigenvalue weighted by Crippen LogP contribution is -2.22. The molecule has 0 aliphatic rings. The van der Waals surface area contributed by atoms with Crippen LogP contribution in [-0.4, -0.2) is 19.6 Å². The maximum Gasteiger partial charge on any atom is 0.243 e. The van der Waals surface area contributed by atoms with Gasteiger partial charge in [-0.2, -0.15) is 0 Å². The molecule has 2 rings (SSSR count). The van der Waals surface area contributed by atoms with Gasteiger partial charge in [0.05, 0.1) is 18.7 Å². The molecule has 0 aliphatic carbocycles. The molecule has 0 saturated carbocycles. The lowest BCUT2D eigenvalue weighted by molar-refractivity contribution is -0.114. The third-order valence-electron chi connectivity index (χ3n) is 3.54. The van der Waals surface area contributed by atoms with E-state index in [4.69, 9.17) is 16.3 Å². The molecule has 23 heavy (non-hydrogen) atoms. The average Bonchev–Trinajstić information content (AvgIpc) is 2.46. The van der Waals surface area contributed by atoms with E-state index in [1.807, 2.05) is 13.8 Å². The van der Waals surface area contributed by atoms with E-state index in [9.17, 15) is 4.79 Å². The highest BCUT2D eigenvalue weighted by atomic mass is 35.5. The predicted octanol–water partition coefficient (Wildman–Crippen LogP) is 4.32. The topological polar surface area (TPSA) is 50.4 Å². The third kappa shape index (κ3) is 4.39. The van der Waals surface area contributed by atoms with E-state index >= 15 is 0 Å². The Kier molecular flexibility index (Phi) is 5.50. The summed E-state index contributed by atoms with van der Waals surface area (Å²) in [6, 6.07) is 9.33. The van der Waals surface area contributed by atoms with Crippen LogP contribution >= 0.6 is 11.6 Å². The van der Waals surface area contributed by atoms with Gasteiger partial charge >= 0.3 is 0 Å². The summed E-state index contributed by atoms with van der Waals surface area (Å²) >= 11 is 6.05. The molecular weight excluding hydrogens is 312 g/mol. The number of halogens is 1. The number of anilines is 2. The number of hydrogen-bond donors (Lipinski definition) is 2. The number of rotatable bonds is 5. The quantitative estimate of drug-likeness (QED) is 0.857. The molecule has 1 amide bonds. The Morgan fingerprint density at radius 1 is 1.13 bits per heavy atom. The molecule has 4 nitrogen and oxygen atoms in total. The molecule has 0 unspecified atom stereocenters. The van der Waals surface area contributed by atoms with Gasteiger partial charge < -0.3 is 15.4 Å². The van der Waals surface area contributed by atoms with E-state index in [1.165, 1.54) is 5.56 Å². The molecule has 2 N–H and O–H groups in total. The van der Waals surface area contributed by atoms with Gasteiger partial charge in [-0.3, -0.25) is 4.79 Å². The van der Waals surface area contributed by atoms with E-state index in [1.54, 1.807) is 25.3 Å². The maximum atomic E-state index is 12.1. The normalized spacial score (nSPS) is 10.3. The Bertz CT molecular complexity index is 706. The van der Waals surface area contributed by atoms with E-state index in [2.05, 4.69) is 29.7 Å². The Balaban J connectivity index is 1.99. The fourth-order valence-electron chi connectivity index (χ4n) is 2.58. The highest BCUT2D eigenvalue weighted by Gasteiger charge is 2.08. The Labute approximate surface area is 141 Å². The fraction of sp³-hybridized carbons (Fsp3) is 0.278. The second kappa shape index (κ2) is 7.38. The van der Waals surface area contributed by atoms with Crippen LogP contribution in [0.25, 0.3) is 0 Å². The molecule has 2 aromatic carbocycles. The molecular formula is C18H21ClN2O2. The minimum atomic E-state index is -0.134. The number of aryl methyl sites for hydroxylation is 3. The van der Waals surface area contributed by atoms with E-state index in [0.29, 0.717) is 16.5 Å². The van der Waals surface area contributed by atoms with E-state index in [-0.39, 0.29) is 12.5 Å². The van der Waals surface area contributed by atoms with Crippen molar-refractivity contribution in [3.05, 3.63) is 52.0 Å². The van der Waals surface area contributed by atoms with Crippen molar-refractivity contribution in [1.29, 1.82) is 0 Å². The average molecular weight is 333 g/mol. The van der Waals surface area contributed by atoms with Crippen molar-refractivity contribution in [1.82, 2.24) is 0 Å². The monoisotopic (exact) mass is 332 g/mol. The second-order valence-corrected chi connectivity index (χ2v) is 5.93. The fourth-order valence-corrected chi connectivity index (χ4v) is 2.83. The number of ether oxygens (including phenoxy) is 1. The number of benzene rings is 2. The van der Waals surface area contributed by atoms with Crippen molar-refractivity contribution in [3.8, 4) is 5.75 Å². The van der Waals surface area contributed by atoms with Crippen LogP contribution in [0.4, 0.5) is 11.4 Å². The van der Waals surface area contributed by atoms with Gasteiger partial charge in [0.1, 0.15) is 5.75 Å². The summed E-state index contributed by atoms with van der Waals surface area (Å²) in [4.78, 5) is 12.1. The third-order valence-corrected chi connectivity index (χ3v) is 3.83. The van der Waals surface area contributed by atoms with Gasteiger partial charge in [-0.15, -0.1) is 0 Å². The van der Waals surface area contributed by atoms with Crippen LogP contribution < -0.4 is 15.4 Å². The SMILES string of the molecule is COc1ccc(NC(=O)CNc2c(C)cc(C)cc2C)cc1Cl. The standard InChI is InChI=1S/C18H21ClN2O2/c1-11-7-12(2)18(13(3)8-11)20-10-17(22)21-14-5-6-16(23-4)15(19)9-14/h5-9,20H,10H2,1-4H3,(H,21,22). The van der Waals surface area contributed by atoms with Gasteiger partial charge in [0, 0.05) is 11.4 Å². The van der Waals surface area contributed by atoms with Crippen LogP contribution in [0.15, 0.2) is 30.3 Å². The minimum Gasteiger partial charge on any atom is -0.495 e. The summed E-state index contributed by atoms with van der Waals surface area (Å²) < 4.78 is 5.09. The Hall–Kier alpha value is -2.20. The number of amides is 1. The Morgan fingerprint density at radius 3 is 2.35 bits per heavy atom. The van der Waals surface area contributed by atoms with Crippen molar-refractivity contribution in [2.45, 2.75) is 20.8 Å². The van der Waals surface area contributed by atoms with Crippen LogP contribution in [0.3, 0.4) is 0 Å². The first-order chi connectivity index (χ1) is 10.9. The van der Waals surface area contributed by atoms with Crippen LogP contribution in [-0.2, 0) is 4.79 Å². The van der Waals surface area contributed by atoms with Crippen LogP contribution in [0.1, 0.15) is 16.7 Å². The molecule has 5 heteroatoms. The van der Waals surface area contributed by atoms with Crippen molar-refractivity contribution in [2.24, 2.45) is 0 Å². The lowest BCUT2D eigenvalue weighted by atomic mass is 10.1. The molecule has 2 aromatic rings. The molecule has 0 aromatic heterocycles. The highest BCUT2D eigenvalue weighted by molar-refractivity contribution is 6.32. The van der Waals surface area contributed by atoms with E-state index < -0.39 is 0 Å². The van der Waals surface area contributed by atoms with Crippen molar-refractivity contribution in [3.63, 3.8) is 0 Å². The number of carbonyl (C=O) groups is 1. The molecule has 122 valence electrons. The zero-order valence-electron chi connectivity index (χ0n) is 13.8. The van der Waals surface area contributed by atoms with Crippen molar-refractivity contribution >= 4 is 28.9 Å². The summed E-state index contributed by atoms with van der Waals surface area (Å²) in [6.45, 7) is 6.31. The van der Waals surface area contributed by atoms with Crippen molar-refractivity contribution < 1.29 is 9.53 Å². The zero-order valence-corrected chi connectivity index (χ0v) is 14.5. The first-order valence-electron chi connectivity index (χ1n) is 7.36. The molecule has 0 fully saturated rings. The van der Waals surface area contributed by atoms with Gasteiger partial charge in [0.25, 0.3) is 0 Å². The number of methoxy groups -OCH3 is 1. The molecule has 0 heterocycles. The predicted molar refractivity (Wildman–Crippen MR) is 95.8 cm³/mol. The van der Waals surface area contributed by atoms with Crippen LogP contribution in [0.2, 0.25) is 5.02 Å². The highest BCUT2D eigenvalue weighted by Crippen LogP contribution is 2.27. The lowest BCUT2D eigenvalue weighted by Gasteiger charge is -2.14. The van der Waals surface area contributed by atoms with Gasteiger partial charge in [-0.05, 0) is 50.1 Å². The zero-order chi connectivity index (χ0) is 17.0. The Morgan fingerprint density at radius 2 is 1.78 bits per heavy atom.